The monoisotopic (exact) mass is 170 g/mol. The summed E-state index contributed by atoms with van der Waals surface area (Å²) >= 11 is 2.97. The number of hydrogen-bond donors (Lipinski definition) is 0. The quantitative estimate of drug-likeness (QED) is 0.605. The lowest BCUT2D eigenvalue weighted by molar-refractivity contribution is 1.29. The fourth-order valence-electron chi connectivity index (χ4n) is 0.615. The molecular formula is C6H6N2S2. The molecule has 52 valence electrons. The molecular weight excluding hydrogens is 164 g/mol. The molecule has 0 amide bonds. The predicted molar refractivity (Wildman–Crippen MR) is 43.3 cm³/mol. The molecule has 0 unspecified atom stereocenters. The van der Waals surface area contributed by atoms with Gasteiger partial charge in [-0.05, 0) is 24.7 Å². The van der Waals surface area contributed by atoms with Gasteiger partial charge in [-0.3, -0.25) is 0 Å². The van der Waals surface area contributed by atoms with Gasteiger partial charge >= 0.3 is 0 Å². The third-order valence-electron chi connectivity index (χ3n) is 1.13. The molecule has 1 heterocycles. The first-order chi connectivity index (χ1) is 4.79. The Labute approximate surface area is 68.0 Å². The maximum atomic E-state index is 8.62. The van der Waals surface area contributed by atoms with Crippen molar-refractivity contribution in [3.63, 3.8) is 0 Å². The second kappa shape index (κ2) is 3.04. The molecule has 0 saturated carbocycles. The largest absolute Gasteiger partial charge is 0.195 e. The number of aromatic nitrogens is 1. The maximum absolute atomic E-state index is 8.62. The minimum Gasteiger partial charge on any atom is -0.195 e. The van der Waals surface area contributed by atoms with Crippen LogP contribution in [0, 0.1) is 18.3 Å². The normalized spacial score (nSPS) is 9.30. The number of hydrogen-bond acceptors (Lipinski definition) is 4. The van der Waals surface area contributed by atoms with Crippen LogP contribution in [0.1, 0.15) is 11.3 Å². The topological polar surface area (TPSA) is 36.7 Å². The number of nitrogens with zero attached hydrogens (tertiary/aromatic N) is 2. The molecule has 1 aromatic rings. The second-order valence-corrected chi connectivity index (χ2v) is 3.59. The van der Waals surface area contributed by atoms with Gasteiger partial charge in [0.2, 0.25) is 0 Å². The van der Waals surface area contributed by atoms with Crippen molar-refractivity contribution in [2.45, 2.75) is 11.1 Å². The molecule has 2 nitrogen and oxygen atoms in total. The van der Waals surface area contributed by atoms with Crippen molar-refractivity contribution >= 4 is 23.3 Å². The van der Waals surface area contributed by atoms with E-state index in [1.807, 2.05) is 13.2 Å². The molecule has 0 atom stereocenters. The Kier molecular flexibility index (Phi) is 2.30. The summed E-state index contributed by atoms with van der Waals surface area (Å²) in [6, 6.07) is 2.12. The van der Waals surface area contributed by atoms with Crippen LogP contribution in [0.3, 0.4) is 0 Å². The zero-order valence-electron chi connectivity index (χ0n) is 5.71. The van der Waals surface area contributed by atoms with E-state index in [1.165, 1.54) is 11.5 Å². The highest BCUT2D eigenvalue weighted by atomic mass is 32.2. The van der Waals surface area contributed by atoms with Crippen LogP contribution in [0.2, 0.25) is 0 Å². The van der Waals surface area contributed by atoms with Crippen LogP contribution in [0.15, 0.2) is 4.21 Å². The number of aryl methyl sites for hydroxylation is 1. The molecule has 0 saturated heterocycles. The minimum atomic E-state index is 0.734. The average Bonchev–Trinajstić information content (AvgIpc) is 2.30. The van der Waals surface area contributed by atoms with E-state index >= 15 is 0 Å². The molecule has 0 fully saturated rings. The summed E-state index contributed by atoms with van der Waals surface area (Å²) in [7, 11) is 0. The van der Waals surface area contributed by atoms with Gasteiger partial charge in [-0.25, -0.2) is 0 Å². The zero-order chi connectivity index (χ0) is 7.56. The van der Waals surface area contributed by atoms with Crippen LogP contribution in [0.5, 0.6) is 0 Å². The van der Waals surface area contributed by atoms with Gasteiger partial charge in [0, 0.05) is 0 Å². The van der Waals surface area contributed by atoms with E-state index in [-0.39, 0.29) is 0 Å². The van der Waals surface area contributed by atoms with E-state index in [4.69, 9.17) is 5.26 Å². The summed E-state index contributed by atoms with van der Waals surface area (Å²) < 4.78 is 5.07. The third kappa shape index (κ3) is 1.15. The van der Waals surface area contributed by atoms with Gasteiger partial charge in [-0.2, -0.15) is 9.64 Å². The summed E-state index contributed by atoms with van der Waals surface area (Å²) in [5, 5.41) is 8.62. The van der Waals surface area contributed by atoms with E-state index in [0.717, 1.165) is 15.5 Å². The van der Waals surface area contributed by atoms with Crippen LogP contribution < -0.4 is 0 Å². The molecule has 10 heavy (non-hydrogen) atoms. The van der Waals surface area contributed by atoms with E-state index in [0.29, 0.717) is 0 Å². The van der Waals surface area contributed by atoms with Crippen LogP contribution >= 0.6 is 23.3 Å². The van der Waals surface area contributed by atoms with Gasteiger partial charge in [0.15, 0.2) is 0 Å². The molecule has 0 aliphatic heterocycles. The Morgan fingerprint density at radius 1 is 1.70 bits per heavy atom. The van der Waals surface area contributed by atoms with Crippen LogP contribution in [-0.4, -0.2) is 10.6 Å². The molecule has 1 rings (SSSR count). The highest BCUT2D eigenvalue weighted by molar-refractivity contribution is 8.00. The molecule has 0 bridgehead atoms. The van der Waals surface area contributed by atoms with Crippen molar-refractivity contribution in [3.8, 4) is 6.07 Å². The molecule has 4 heteroatoms. The lowest BCUT2D eigenvalue weighted by Gasteiger charge is -1.85. The SMILES string of the molecule is CSc1snc(C)c1C#N. The molecule has 0 N–H and O–H groups in total. The van der Waals surface area contributed by atoms with Crippen molar-refractivity contribution in [2.24, 2.45) is 0 Å². The first-order valence-corrected chi connectivity index (χ1v) is 4.69. The zero-order valence-corrected chi connectivity index (χ0v) is 7.34. The summed E-state index contributed by atoms with van der Waals surface area (Å²) in [6.07, 6.45) is 1.95. The lowest BCUT2D eigenvalue weighted by atomic mass is 10.3. The minimum absolute atomic E-state index is 0.734. The van der Waals surface area contributed by atoms with Gasteiger partial charge in [-0.1, -0.05) is 0 Å². The lowest BCUT2D eigenvalue weighted by Crippen LogP contribution is -1.75. The summed E-state index contributed by atoms with van der Waals surface area (Å²) in [6.45, 7) is 1.86. The van der Waals surface area contributed by atoms with Gasteiger partial charge in [0.1, 0.15) is 6.07 Å². The van der Waals surface area contributed by atoms with E-state index < -0.39 is 0 Å². The summed E-state index contributed by atoms with van der Waals surface area (Å²) in [5.41, 5.74) is 1.58. The van der Waals surface area contributed by atoms with Crippen molar-refractivity contribution in [1.82, 2.24) is 4.37 Å². The van der Waals surface area contributed by atoms with Crippen molar-refractivity contribution in [1.29, 1.82) is 5.26 Å². The summed E-state index contributed by atoms with van der Waals surface area (Å²) in [5.74, 6) is 0. The van der Waals surface area contributed by atoms with Crippen molar-refractivity contribution in [2.75, 3.05) is 6.26 Å². The van der Waals surface area contributed by atoms with Crippen molar-refractivity contribution < 1.29 is 0 Å². The number of rotatable bonds is 1. The first-order valence-electron chi connectivity index (χ1n) is 2.70. The molecule has 0 aromatic carbocycles. The highest BCUT2D eigenvalue weighted by Gasteiger charge is 2.07. The molecule has 0 spiro atoms. The molecule has 1 aromatic heterocycles. The fraction of sp³-hybridized carbons (Fsp3) is 0.333. The maximum Gasteiger partial charge on any atom is 0.103 e. The van der Waals surface area contributed by atoms with E-state index in [2.05, 4.69) is 10.4 Å². The molecule has 0 radical (unpaired) electrons. The Hall–Kier alpha value is -0.530. The fourth-order valence-corrected chi connectivity index (χ4v) is 2.02. The highest BCUT2D eigenvalue weighted by Crippen LogP contribution is 2.26. The van der Waals surface area contributed by atoms with Crippen molar-refractivity contribution in [3.05, 3.63) is 11.3 Å². The number of thioether (sulfide) groups is 1. The van der Waals surface area contributed by atoms with Gasteiger partial charge in [0.25, 0.3) is 0 Å². The third-order valence-corrected chi connectivity index (χ3v) is 3.16. The Balaban J connectivity index is 3.17. The van der Waals surface area contributed by atoms with E-state index in [9.17, 15) is 0 Å². The predicted octanol–water partition coefficient (Wildman–Crippen LogP) is 2.05. The molecule has 0 aliphatic rings. The Morgan fingerprint density at radius 2 is 2.40 bits per heavy atom. The molecule has 0 aliphatic carbocycles. The summed E-state index contributed by atoms with van der Waals surface area (Å²) in [4.78, 5) is 0. The Bertz CT molecular complexity index is 272. The van der Waals surface area contributed by atoms with Crippen LogP contribution in [-0.2, 0) is 0 Å². The smallest absolute Gasteiger partial charge is 0.103 e. The van der Waals surface area contributed by atoms with Gasteiger partial charge in [-0.15, -0.1) is 11.8 Å². The van der Waals surface area contributed by atoms with Crippen LogP contribution in [0.4, 0.5) is 0 Å². The second-order valence-electron chi connectivity index (χ2n) is 1.75. The van der Waals surface area contributed by atoms with Gasteiger partial charge < -0.3 is 0 Å². The van der Waals surface area contributed by atoms with Gasteiger partial charge in [0.05, 0.1) is 15.5 Å². The standard InChI is InChI=1S/C6H6N2S2/c1-4-5(3-7)6(9-2)10-8-4/h1-2H3. The first kappa shape index (κ1) is 7.58. The Morgan fingerprint density at radius 3 is 2.80 bits per heavy atom. The number of nitriles is 1. The average molecular weight is 170 g/mol. The van der Waals surface area contributed by atoms with Crippen LogP contribution in [0.25, 0.3) is 0 Å². The van der Waals surface area contributed by atoms with E-state index in [1.54, 1.807) is 11.8 Å².